The zero-order valence-electron chi connectivity index (χ0n) is 12.9. The SMILES string of the molecule is Cc1nc(N)nc(OC2CC(C)CC(C)(C)C2)c1[N+](=O)[O-]. The highest BCUT2D eigenvalue weighted by atomic mass is 16.6. The summed E-state index contributed by atoms with van der Waals surface area (Å²) in [5.74, 6) is 0.495. The van der Waals surface area contributed by atoms with Crippen LogP contribution in [-0.2, 0) is 0 Å². The van der Waals surface area contributed by atoms with Crippen LogP contribution in [0.3, 0.4) is 0 Å². The van der Waals surface area contributed by atoms with E-state index >= 15 is 0 Å². The Morgan fingerprint density at radius 2 is 2.05 bits per heavy atom. The number of nitrogens with zero attached hydrogens (tertiary/aromatic N) is 3. The first-order chi connectivity index (χ1) is 9.68. The predicted octanol–water partition coefficient (Wildman–Crippen LogP) is 2.87. The molecule has 1 heterocycles. The van der Waals surface area contributed by atoms with Crippen molar-refractivity contribution in [1.82, 2.24) is 9.97 Å². The Morgan fingerprint density at radius 3 is 2.62 bits per heavy atom. The van der Waals surface area contributed by atoms with E-state index in [-0.39, 0.29) is 34.7 Å². The Labute approximate surface area is 124 Å². The minimum atomic E-state index is -0.512. The summed E-state index contributed by atoms with van der Waals surface area (Å²) in [5, 5.41) is 11.2. The van der Waals surface area contributed by atoms with Crippen LogP contribution in [0.5, 0.6) is 5.88 Å². The van der Waals surface area contributed by atoms with Crippen LogP contribution < -0.4 is 10.5 Å². The lowest BCUT2D eigenvalue weighted by molar-refractivity contribution is -0.387. The van der Waals surface area contributed by atoms with Gasteiger partial charge in [0.2, 0.25) is 5.95 Å². The van der Waals surface area contributed by atoms with Gasteiger partial charge in [-0.1, -0.05) is 20.8 Å². The van der Waals surface area contributed by atoms with E-state index in [2.05, 4.69) is 30.7 Å². The lowest BCUT2D eigenvalue weighted by atomic mass is 9.71. The first kappa shape index (κ1) is 15.5. The van der Waals surface area contributed by atoms with Gasteiger partial charge in [0.25, 0.3) is 5.88 Å². The molecular formula is C14H22N4O3. The molecule has 1 fully saturated rings. The van der Waals surface area contributed by atoms with Gasteiger partial charge in [0, 0.05) is 0 Å². The van der Waals surface area contributed by atoms with Crippen molar-refractivity contribution in [2.24, 2.45) is 11.3 Å². The Hall–Kier alpha value is -1.92. The highest BCUT2D eigenvalue weighted by molar-refractivity contribution is 5.47. The van der Waals surface area contributed by atoms with Gasteiger partial charge in [0.15, 0.2) is 0 Å². The quantitative estimate of drug-likeness (QED) is 0.679. The highest BCUT2D eigenvalue weighted by Gasteiger charge is 2.35. The molecular weight excluding hydrogens is 272 g/mol. The van der Waals surface area contributed by atoms with Crippen LogP contribution in [-0.4, -0.2) is 21.0 Å². The fraction of sp³-hybridized carbons (Fsp3) is 0.714. The van der Waals surface area contributed by atoms with E-state index in [4.69, 9.17) is 10.5 Å². The molecule has 7 nitrogen and oxygen atoms in total. The fourth-order valence-electron chi connectivity index (χ4n) is 3.36. The van der Waals surface area contributed by atoms with Crippen LogP contribution >= 0.6 is 0 Å². The summed E-state index contributed by atoms with van der Waals surface area (Å²) < 4.78 is 5.84. The van der Waals surface area contributed by atoms with E-state index in [1.54, 1.807) is 0 Å². The fourth-order valence-corrected chi connectivity index (χ4v) is 3.36. The van der Waals surface area contributed by atoms with Crippen molar-refractivity contribution in [3.05, 3.63) is 15.8 Å². The smallest absolute Gasteiger partial charge is 0.352 e. The van der Waals surface area contributed by atoms with E-state index in [0.29, 0.717) is 5.92 Å². The third-order valence-electron chi connectivity index (χ3n) is 3.85. The third-order valence-corrected chi connectivity index (χ3v) is 3.85. The number of hydrogen-bond donors (Lipinski definition) is 1. The lowest BCUT2D eigenvalue weighted by Gasteiger charge is -2.38. The van der Waals surface area contributed by atoms with Crippen molar-refractivity contribution >= 4 is 11.6 Å². The van der Waals surface area contributed by atoms with Crippen LogP contribution in [0.25, 0.3) is 0 Å². The molecule has 2 rings (SSSR count). The normalized spacial score (nSPS) is 24.6. The maximum absolute atomic E-state index is 11.2. The summed E-state index contributed by atoms with van der Waals surface area (Å²) in [4.78, 5) is 18.4. The standard InChI is InChI=1S/C14H22N4O3/c1-8-5-10(7-14(3,4)6-8)21-12-11(18(19)20)9(2)16-13(15)17-12/h8,10H,5-7H2,1-4H3,(H2,15,16,17). The zero-order valence-corrected chi connectivity index (χ0v) is 12.9. The van der Waals surface area contributed by atoms with Crippen LogP contribution in [0.15, 0.2) is 0 Å². The van der Waals surface area contributed by atoms with Gasteiger partial charge in [-0.05, 0) is 37.5 Å². The monoisotopic (exact) mass is 294 g/mol. The molecule has 0 radical (unpaired) electrons. The van der Waals surface area contributed by atoms with Gasteiger partial charge in [-0.15, -0.1) is 0 Å². The van der Waals surface area contributed by atoms with Crippen molar-refractivity contribution in [2.45, 2.75) is 53.1 Å². The first-order valence-corrected chi connectivity index (χ1v) is 7.13. The molecule has 1 aliphatic carbocycles. The Bertz CT molecular complexity index is 559. The number of aromatic nitrogens is 2. The van der Waals surface area contributed by atoms with Gasteiger partial charge in [-0.25, -0.2) is 4.98 Å². The van der Waals surface area contributed by atoms with Gasteiger partial charge in [0.05, 0.1) is 4.92 Å². The second-order valence-electron chi connectivity index (χ2n) is 6.73. The number of nitrogens with two attached hydrogens (primary N) is 1. The summed E-state index contributed by atoms with van der Waals surface area (Å²) >= 11 is 0. The van der Waals surface area contributed by atoms with Crippen molar-refractivity contribution in [3.63, 3.8) is 0 Å². The molecule has 0 aliphatic heterocycles. The molecule has 21 heavy (non-hydrogen) atoms. The topological polar surface area (TPSA) is 104 Å². The van der Waals surface area contributed by atoms with Crippen LogP contribution in [0.4, 0.5) is 11.6 Å². The van der Waals surface area contributed by atoms with Gasteiger partial charge < -0.3 is 10.5 Å². The van der Waals surface area contributed by atoms with E-state index < -0.39 is 4.92 Å². The maximum atomic E-state index is 11.2. The molecule has 2 N–H and O–H groups in total. The van der Waals surface area contributed by atoms with Crippen LogP contribution in [0, 0.1) is 28.4 Å². The number of nitro groups is 1. The summed E-state index contributed by atoms with van der Waals surface area (Å²) in [6, 6.07) is 0. The second-order valence-corrected chi connectivity index (χ2v) is 6.73. The van der Waals surface area contributed by atoms with Crippen molar-refractivity contribution in [3.8, 4) is 5.88 Å². The Kier molecular flexibility index (Phi) is 4.02. The largest absolute Gasteiger partial charge is 0.469 e. The molecule has 0 aromatic carbocycles. The molecule has 0 amide bonds. The first-order valence-electron chi connectivity index (χ1n) is 7.13. The van der Waals surface area contributed by atoms with E-state index in [1.165, 1.54) is 6.92 Å². The minimum absolute atomic E-state index is 0.00350. The number of ether oxygens (including phenoxy) is 1. The van der Waals surface area contributed by atoms with Gasteiger partial charge in [-0.3, -0.25) is 10.1 Å². The number of aryl methyl sites for hydroxylation is 1. The molecule has 2 unspecified atom stereocenters. The Balaban J connectivity index is 2.29. The van der Waals surface area contributed by atoms with Crippen LogP contribution in [0.2, 0.25) is 0 Å². The number of anilines is 1. The van der Waals surface area contributed by atoms with Crippen molar-refractivity contribution < 1.29 is 9.66 Å². The predicted molar refractivity (Wildman–Crippen MR) is 79.0 cm³/mol. The van der Waals surface area contributed by atoms with E-state index in [1.807, 2.05) is 0 Å². The summed E-state index contributed by atoms with van der Waals surface area (Å²) in [7, 11) is 0. The third kappa shape index (κ3) is 3.59. The molecule has 116 valence electrons. The van der Waals surface area contributed by atoms with Crippen LogP contribution in [0.1, 0.15) is 45.7 Å². The molecule has 1 aliphatic rings. The van der Waals surface area contributed by atoms with Crippen molar-refractivity contribution in [2.75, 3.05) is 5.73 Å². The minimum Gasteiger partial charge on any atom is -0.469 e. The number of rotatable bonds is 3. The zero-order chi connectivity index (χ0) is 15.8. The average Bonchev–Trinajstić information content (AvgIpc) is 2.23. The van der Waals surface area contributed by atoms with Gasteiger partial charge >= 0.3 is 5.69 Å². The molecule has 1 saturated carbocycles. The van der Waals surface area contributed by atoms with Gasteiger partial charge in [-0.2, -0.15) is 4.98 Å². The second kappa shape index (κ2) is 5.46. The molecule has 0 bridgehead atoms. The lowest BCUT2D eigenvalue weighted by Crippen LogP contribution is -2.34. The maximum Gasteiger partial charge on any atom is 0.352 e. The van der Waals surface area contributed by atoms with E-state index in [9.17, 15) is 10.1 Å². The summed E-state index contributed by atoms with van der Waals surface area (Å²) in [6.45, 7) is 8.09. The van der Waals surface area contributed by atoms with Crippen molar-refractivity contribution in [1.29, 1.82) is 0 Å². The molecule has 2 atom stereocenters. The highest BCUT2D eigenvalue weighted by Crippen LogP contribution is 2.41. The molecule has 1 aromatic rings. The van der Waals surface area contributed by atoms with Gasteiger partial charge in [0.1, 0.15) is 11.8 Å². The number of hydrogen-bond acceptors (Lipinski definition) is 6. The summed E-state index contributed by atoms with van der Waals surface area (Å²) in [5.41, 5.74) is 5.78. The average molecular weight is 294 g/mol. The molecule has 1 aromatic heterocycles. The molecule has 7 heteroatoms. The van der Waals surface area contributed by atoms with E-state index in [0.717, 1.165) is 19.3 Å². The molecule has 0 saturated heterocycles. The Morgan fingerprint density at radius 1 is 1.38 bits per heavy atom. The molecule has 0 spiro atoms. The summed E-state index contributed by atoms with van der Waals surface area (Å²) in [6.07, 6.45) is 2.75. The number of nitrogen functional groups attached to an aromatic ring is 1.